The van der Waals surface area contributed by atoms with Gasteiger partial charge in [-0.2, -0.15) is 0 Å². The van der Waals surface area contributed by atoms with Gasteiger partial charge < -0.3 is 15.4 Å². The van der Waals surface area contributed by atoms with E-state index in [-0.39, 0.29) is 24.0 Å². The van der Waals surface area contributed by atoms with Gasteiger partial charge in [-0.15, -0.1) is 24.0 Å². The summed E-state index contributed by atoms with van der Waals surface area (Å²) in [5.41, 5.74) is 3.45. The number of hydrogen-bond acceptors (Lipinski definition) is 3. The maximum absolute atomic E-state index is 5.37. The lowest BCUT2D eigenvalue weighted by atomic mass is 10.1. The molecule has 0 fully saturated rings. The van der Waals surface area contributed by atoms with Gasteiger partial charge in [0.25, 0.3) is 0 Å². The molecule has 0 bridgehead atoms. The predicted molar refractivity (Wildman–Crippen MR) is 114 cm³/mol. The fourth-order valence-electron chi connectivity index (χ4n) is 2.42. The van der Waals surface area contributed by atoms with Crippen LogP contribution in [-0.2, 0) is 12.8 Å². The number of nitrogens with zero attached hydrogens (tertiary/aromatic N) is 2. The predicted octanol–water partition coefficient (Wildman–Crippen LogP) is 2.97. The third-order valence-electron chi connectivity index (χ3n) is 3.78. The van der Waals surface area contributed by atoms with Crippen LogP contribution in [-0.4, -0.2) is 38.2 Å². The molecule has 1 aromatic carbocycles. The average Bonchev–Trinajstić information content (AvgIpc) is 2.62. The lowest BCUT2D eigenvalue weighted by Crippen LogP contribution is -2.39. The summed E-state index contributed by atoms with van der Waals surface area (Å²) in [6, 6.07) is 12.2. The van der Waals surface area contributed by atoms with Crippen LogP contribution in [0.3, 0.4) is 0 Å². The number of ether oxygens (including phenoxy) is 1. The molecule has 136 valence electrons. The maximum atomic E-state index is 5.37. The number of halogens is 1. The molecular formula is C19H27IN4O. The zero-order valence-electron chi connectivity index (χ0n) is 15.1. The highest BCUT2D eigenvalue weighted by atomic mass is 127. The van der Waals surface area contributed by atoms with E-state index in [1.165, 1.54) is 11.1 Å². The fourth-order valence-corrected chi connectivity index (χ4v) is 2.42. The Morgan fingerprint density at radius 3 is 2.44 bits per heavy atom. The number of hydrogen-bond donors (Lipinski definition) is 2. The summed E-state index contributed by atoms with van der Waals surface area (Å²) in [7, 11) is 3.48. The first-order chi connectivity index (χ1) is 11.7. The molecule has 5 nitrogen and oxygen atoms in total. The molecule has 0 unspecified atom stereocenters. The van der Waals surface area contributed by atoms with Gasteiger partial charge >= 0.3 is 0 Å². The number of aryl methyl sites for hydroxylation is 1. The van der Waals surface area contributed by atoms with Gasteiger partial charge in [-0.25, -0.2) is 0 Å². The van der Waals surface area contributed by atoms with E-state index in [0.717, 1.165) is 43.3 Å². The summed E-state index contributed by atoms with van der Waals surface area (Å²) in [5, 5.41) is 6.66. The summed E-state index contributed by atoms with van der Waals surface area (Å²) < 4.78 is 5.37. The van der Waals surface area contributed by atoms with Crippen molar-refractivity contribution in [3.63, 3.8) is 0 Å². The summed E-state index contributed by atoms with van der Waals surface area (Å²) in [6.45, 7) is 3.61. The third-order valence-corrected chi connectivity index (χ3v) is 3.78. The van der Waals surface area contributed by atoms with Crippen LogP contribution in [0.2, 0.25) is 0 Å². The molecule has 6 heteroatoms. The van der Waals surface area contributed by atoms with Crippen LogP contribution in [0, 0.1) is 6.92 Å². The molecule has 1 aromatic heterocycles. The largest absolute Gasteiger partial charge is 0.496 e. The zero-order valence-corrected chi connectivity index (χ0v) is 17.4. The molecule has 2 N–H and O–H groups in total. The van der Waals surface area contributed by atoms with Crippen LogP contribution in [0.5, 0.6) is 5.75 Å². The Bertz CT molecular complexity index is 659. The van der Waals surface area contributed by atoms with E-state index in [1.807, 2.05) is 37.4 Å². The minimum absolute atomic E-state index is 0. The average molecular weight is 454 g/mol. The Morgan fingerprint density at radius 2 is 1.80 bits per heavy atom. The van der Waals surface area contributed by atoms with Gasteiger partial charge in [0, 0.05) is 32.0 Å². The number of pyridine rings is 1. The normalized spacial score (nSPS) is 10.8. The van der Waals surface area contributed by atoms with E-state index in [0.29, 0.717) is 0 Å². The van der Waals surface area contributed by atoms with Crippen molar-refractivity contribution in [3.05, 3.63) is 59.4 Å². The van der Waals surface area contributed by atoms with Crippen LogP contribution in [0.15, 0.2) is 47.6 Å². The molecule has 0 aliphatic carbocycles. The van der Waals surface area contributed by atoms with Gasteiger partial charge in [0.2, 0.25) is 0 Å². The molecule has 2 rings (SSSR count). The minimum Gasteiger partial charge on any atom is -0.496 e. The van der Waals surface area contributed by atoms with Gasteiger partial charge in [0.1, 0.15) is 5.75 Å². The minimum atomic E-state index is 0. The number of rotatable bonds is 7. The number of nitrogens with one attached hydrogen (secondary N) is 2. The molecule has 2 aromatic rings. The molecule has 0 spiro atoms. The van der Waals surface area contributed by atoms with Crippen molar-refractivity contribution in [1.29, 1.82) is 0 Å². The Balaban J connectivity index is 0.00000312. The third kappa shape index (κ3) is 7.29. The first-order valence-electron chi connectivity index (χ1n) is 8.21. The number of guanidine groups is 1. The Kier molecular flexibility index (Phi) is 9.91. The van der Waals surface area contributed by atoms with Crippen molar-refractivity contribution in [2.45, 2.75) is 19.8 Å². The number of methoxy groups -OCH3 is 1. The second-order valence-electron chi connectivity index (χ2n) is 5.55. The smallest absolute Gasteiger partial charge is 0.190 e. The summed E-state index contributed by atoms with van der Waals surface area (Å²) in [5.74, 6) is 1.74. The molecule has 0 saturated heterocycles. The van der Waals surface area contributed by atoms with Crippen LogP contribution in [0.25, 0.3) is 0 Å². The van der Waals surface area contributed by atoms with Crippen molar-refractivity contribution in [2.75, 3.05) is 27.2 Å². The molecule has 0 saturated carbocycles. The number of aromatic nitrogens is 1. The summed E-state index contributed by atoms with van der Waals surface area (Å²) in [4.78, 5) is 8.57. The molecule has 0 aliphatic rings. The van der Waals surface area contributed by atoms with Crippen LogP contribution in [0.1, 0.15) is 16.8 Å². The van der Waals surface area contributed by atoms with Gasteiger partial charge in [-0.1, -0.05) is 24.3 Å². The monoisotopic (exact) mass is 454 g/mol. The molecular weight excluding hydrogens is 427 g/mol. The van der Waals surface area contributed by atoms with E-state index >= 15 is 0 Å². The number of para-hydroxylation sites is 1. The Labute approximate surface area is 167 Å². The molecule has 0 amide bonds. The van der Waals surface area contributed by atoms with Gasteiger partial charge in [-0.05, 0) is 43.0 Å². The van der Waals surface area contributed by atoms with Crippen LogP contribution < -0.4 is 15.4 Å². The first kappa shape index (κ1) is 21.2. The van der Waals surface area contributed by atoms with Gasteiger partial charge in [0.15, 0.2) is 5.96 Å². The highest BCUT2D eigenvalue weighted by Crippen LogP contribution is 2.17. The summed E-state index contributed by atoms with van der Waals surface area (Å²) in [6.07, 6.45) is 3.72. The Hall–Kier alpha value is -1.83. The number of benzene rings is 1. The SMILES string of the molecule is CN=C(NCCc1ccc(C)nc1)NCCc1ccccc1OC.I. The van der Waals surface area contributed by atoms with E-state index in [4.69, 9.17) is 4.74 Å². The van der Waals surface area contributed by atoms with Gasteiger partial charge in [0.05, 0.1) is 7.11 Å². The van der Waals surface area contributed by atoms with Crippen molar-refractivity contribution < 1.29 is 4.74 Å². The molecule has 0 atom stereocenters. The quantitative estimate of drug-likeness (QED) is 0.384. The van der Waals surface area contributed by atoms with Crippen molar-refractivity contribution in [3.8, 4) is 5.75 Å². The maximum Gasteiger partial charge on any atom is 0.190 e. The highest BCUT2D eigenvalue weighted by Gasteiger charge is 2.02. The molecule has 25 heavy (non-hydrogen) atoms. The molecule has 1 heterocycles. The lowest BCUT2D eigenvalue weighted by molar-refractivity contribution is 0.409. The van der Waals surface area contributed by atoms with Crippen LogP contribution in [0.4, 0.5) is 0 Å². The second-order valence-corrected chi connectivity index (χ2v) is 5.55. The van der Waals surface area contributed by atoms with Crippen LogP contribution >= 0.6 is 24.0 Å². The van der Waals surface area contributed by atoms with Crippen molar-refractivity contribution in [1.82, 2.24) is 15.6 Å². The molecule has 0 aliphatic heterocycles. The van der Waals surface area contributed by atoms with Gasteiger partial charge in [-0.3, -0.25) is 9.98 Å². The summed E-state index contributed by atoms with van der Waals surface area (Å²) >= 11 is 0. The van der Waals surface area contributed by atoms with E-state index in [9.17, 15) is 0 Å². The van der Waals surface area contributed by atoms with E-state index in [2.05, 4.69) is 32.7 Å². The van der Waals surface area contributed by atoms with E-state index < -0.39 is 0 Å². The first-order valence-corrected chi connectivity index (χ1v) is 8.21. The highest BCUT2D eigenvalue weighted by molar-refractivity contribution is 14.0. The molecule has 0 radical (unpaired) electrons. The van der Waals surface area contributed by atoms with E-state index in [1.54, 1.807) is 14.2 Å². The zero-order chi connectivity index (χ0) is 17.2. The van der Waals surface area contributed by atoms with Crippen molar-refractivity contribution in [2.24, 2.45) is 4.99 Å². The second kappa shape index (κ2) is 11.7. The standard InChI is InChI=1S/C19H26N4O.HI/c1-15-8-9-16(14-23-15)10-12-21-19(20-2)22-13-11-17-6-4-5-7-18(17)24-3;/h4-9,14H,10-13H2,1-3H3,(H2,20,21,22);1H. The van der Waals surface area contributed by atoms with Crippen molar-refractivity contribution >= 4 is 29.9 Å². The lowest BCUT2D eigenvalue weighted by Gasteiger charge is -2.13. The topological polar surface area (TPSA) is 58.5 Å². The fraction of sp³-hybridized carbons (Fsp3) is 0.368. The Morgan fingerprint density at radius 1 is 1.08 bits per heavy atom. The number of aliphatic imine (C=N–C) groups is 1.